The van der Waals surface area contributed by atoms with E-state index >= 15 is 0 Å². The molecule has 0 aliphatic carbocycles. The molecule has 1 aromatic carbocycles. The molecule has 0 spiro atoms. The van der Waals surface area contributed by atoms with Crippen LogP contribution in [0.1, 0.15) is 25.8 Å². The van der Waals surface area contributed by atoms with E-state index in [0.717, 1.165) is 5.56 Å². The number of aromatic nitrogens is 1. The molecule has 0 atom stereocenters. The van der Waals surface area contributed by atoms with Gasteiger partial charge in [-0.3, -0.25) is 9.78 Å². The van der Waals surface area contributed by atoms with Crippen molar-refractivity contribution in [1.82, 2.24) is 10.3 Å². The van der Waals surface area contributed by atoms with Gasteiger partial charge in [0.2, 0.25) is 5.91 Å². The molecule has 24 heavy (non-hydrogen) atoms. The van der Waals surface area contributed by atoms with E-state index in [0.29, 0.717) is 24.2 Å². The standard InChI is InChI=1S/C18H22N4O2/c1-13(2)20-18(24)22-16-7-3-6-15(11-16)21-17(23)9-8-14-5-4-10-19-12-14/h3-7,10-13H,8-9H2,1-2H3,(H,21,23)(H2,20,22,24). The number of urea groups is 1. The molecule has 2 aromatic rings. The summed E-state index contributed by atoms with van der Waals surface area (Å²) in [7, 11) is 0. The monoisotopic (exact) mass is 326 g/mol. The van der Waals surface area contributed by atoms with Crippen LogP contribution >= 0.6 is 0 Å². The van der Waals surface area contributed by atoms with E-state index in [4.69, 9.17) is 0 Å². The van der Waals surface area contributed by atoms with Crippen molar-refractivity contribution in [2.24, 2.45) is 0 Å². The minimum atomic E-state index is -0.273. The van der Waals surface area contributed by atoms with Crippen LogP contribution in [0.15, 0.2) is 48.8 Å². The minimum absolute atomic E-state index is 0.0559. The molecule has 0 bridgehead atoms. The maximum Gasteiger partial charge on any atom is 0.319 e. The van der Waals surface area contributed by atoms with Crippen molar-refractivity contribution in [3.05, 3.63) is 54.4 Å². The Morgan fingerprint density at radius 3 is 2.50 bits per heavy atom. The molecule has 0 unspecified atom stereocenters. The molecule has 0 radical (unpaired) electrons. The van der Waals surface area contributed by atoms with Gasteiger partial charge in [-0.25, -0.2) is 4.79 Å². The fourth-order valence-corrected chi connectivity index (χ4v) is 2.13. The first kappa shape index (κ1) is 17.5. The van der Waals surface area contributed by atoms with E-state index in [1.807, 2.05) is 26.0 Å². The molecule has 0 aliphatic rings. The number of amides is 3. The van der Waals surface area contributed by atoms with Crippen molar-refractivity contribution in [3.8, 4) is 0 Å². The molecule has 0 saturated carbocycles. The number of nitrogens with one attached hydrogen (secondary N) is 3. The Bertz CT molecular complexity index is 686. The predicted octanol–water partition coefficient (Wildman–Crippen LogP) is 3.18. The van der Waals surface area contributed by atoms with E-state index < -0.39 is 0 Å². The Balaban J connectivity index is 1.87. The van der Waals surface area contributed by atoms with Crippen LogP contribution in [0, 0.1) is 0 Å². The number of pyridine rings is 1. The molecule has 126 valence electrons. The molecule has 3 N–H and O–H groups in total. The zero-order chi connectivity index (χ0) is 17.4. The lowest BCUT2D eigenvalue weighted by molar-refractivity contribution is -0.116. The maximum absolute atomic E-state index is 12.0. The molecule has 0 fully saturated rings. The normalized spacial score (nSPS) is 10.3. The van der Waals surface area contributed by atoms with Crippen LogP contribution in [0.3, 0.4) is 0 Å². The summed E-state index contributed by atoms with van der Waals surface area (Å²) in [6.07, 6.45) is 4.47. The highest BCUT2D eigenvalue weighted by molar-refractivity contribution is 5.93. The Hall–Kier alpha value is -2.89. The van der Waals surface area contributed by atoms with Gasteiger partial charge in [0.25, 0.3) is 0 Å². The van der Waals surface area contributed by atoms with Crippen LogP contribution in [-0.2, 0) is 11.2 Å². The highest BCUT2D eigenvalue weighted by Gasteiger charge is 2.06. The summed E-state index contributed by atoms with van der Waals surface area (Å²) in [5, 5.41) is 8.32. The van der Waals surface area contributed by atoms with Crippen LogP contribution in [0.4, 0.5) is 16.2 Å². The number of carbonyl (C=O) groups is 2. The fraction of sp³-hybridized carbons (Fsp3) is 0.278. The molecule has 1 aromatic heterocycles. The quantitative estimate of drug-likeness (QED) is 0.762. The Morgan fingerprint density at radius 1 is 1.08 bits per heavy atom. The van der Waals surface area contributed by atoms with Gasteiger partial charge in [0, 0.05) is 36.2 Å². The van der Waals surface area contributed by atoms with Crippen LogP contribution in [0.25, 0.3) is 0 Å². The van der Waals surface area contributed by atoms with Gasteiger partial charge in [0.15, 0.2) is 0 Å². The Labute approximate surface area is 141 Å². The number of benzene rings is 1. The predicted molar refractivity (Wildman–Crippen MR) is 94.9 cm³/mol. The van der Waals surface area contributed by atoms with Crippen LogP contribution < -0.4 is 16.0 Å². The lowest BCUT2D eigenvalue weighted by atomic mass is 10.1. The highest BCUT2D eigenvalue weighted by Crippen LogP contribution is 2.15. The average Bonchev–Trinajstić information content (AvgIpc) is 2.53. The second-order valence-electron chi connectivity index (χ2n) is 5.74. The van der Waals surface area contributed by atoms with Gasteiger partial charge in [-0.1, -0.05) is 12.1 Å². The van der Waals surface area contributed by atoms with E-state index in [2.05, 4.69) is 20.9 Å². The van der Waals surface area contributed by atoms with Crippen LogP contribution in [0.2, 0.25) is 0 Å². The molecule has 1 heterocycles. The first-order valence-electron chi connectivity index (χ1n) is 7.89. The molecule has 0 aliphatic heterocycles. The first-order valence-corrected chi connectivity index (χ1v) is 7.89. The third-order valence-corrected chi connectivity index (χ3v) is 3.19. The van der Waals surface area contributed by atoms with Crippen molar-refractivity contribution in [3.63, 3.8) is 0 Å². The van der Waals surface area contributed by atoms with Gasteiger partial charge in [0.1, 0.15) is 0 Å². The first-order chi connectivity index (χ1) is 11.5. The Morgan fingerprint density at radius 2 is 1.83 bits per heavy atom. The topological polar surface area (TPSA) is 83.1 Å². The fourth-order valence-electron chi connectivity index (χ4n) is 2.13. The average molecular weight is 326 g/mol. The zero-order valence-corrected chi connectivity index (χ0v) is 13.9. The Kier molecular flexibility index (Phi) is 6.31. The largest absolute Gasteiger partial charge is 0.336 e. The van der Waals surface area contributed by atoms with Gasteiger partial charge >= 0.3 is 6.03 Å². The van der Waals surface area contributed by atoms with E-state index in [1.54, 1.807) is 36.7 Å². The maximum atomic E-state index is 12.0. The van der Waals surface area contributed by atoms with Gasteiger partial charge < -0.3 is 16.0 Å². The number of hydrogen-bond acceptors (Lipinski definition) is 3. The second kappa shape index (κ2) is 8.67. The molecular weight excluding hydrogens is 304 g/mol. The number of rotatable bonds is 6. The van der Waals surface area contributed by atoms with Gasteiger partial charge in [-0.05, 0) is 50.1 Å². The molecule has 6 heteroatoms. The summed E-state index contributed by atoms with van der Waals surface area (Å²) in [6, 6.07) is 10.6. The van der Waals surface area contributed by atoms with Crippen molar-refractivity contribution in [1.29, 1.82) is 0 Å². The molecule has 0 saturated heterocycles. The number of hydrogen-bond donors (Lipinski definition) is 3. The molecular formula is C18H22N4O2. The van der Waals surface area contributed by atoms with Crippen LogP contribution in [0.5, 0.6) is 0 Å². The molecule has 6 nitrogen and oxygen atoms in total. The smallest absolute Gasteiger partial charge is 0.319 e. The lowest BCUT2D eigenvalue weighted by Crippen LogP contribution is -2.34. The van der Waals surface area contributed by atoms with Crippen LogP contribution in [-0.4, -0.2) is 23.0 Å². The summed E-state index contributed by atoms with van der Waals surface area (Å²) in [4.78, 5) is 27.8. The van der Waals surface area contributed by atoms with E-state index in [-0.39, 0.29) is 18.0 Å². The van der Waals surface area contributed by atoms with Crippen molar-refractivity contribution in [2.75, 3.05) is 10.6 Å². The van der Waals surface area contributed by atoms with Gasteiger partial charge in [-0.15, -0.1) is 0 Å². The summed E-state index contributed by atoms with van der Waals surface area (Å²) in [6.45, 7) is 3.77. The van der Waals surface area contributed by atoms with Crippen molar-refractivity contribution >= 4 is 23.3 Å². The number of carbonyl (C=O) groups excluding carboxylic acids is 2. The van der Waals surface area contributed by atoms with Crippen molar-refractivity contribution in [2.45, 2.75) is 32.7 Å². The summed E-state index contributed by atoms with van der Waals surface area (Å²) >= 11 is 0. The van der Waals surface area contributed by atoms with Crippen molar-refractivity contribution < 1.29 is 9.59 Å². The minimum Gasteiger partial charge on any atom is -0.336 e. The van der Waals surface area contributed by atoms with E-state index in [9.17, 15) is 9.59 Å². The lowest BCUT2D eigenvalue weighted by Gasteiger charge is -2.11. The molecule has 3 amide bonds. The summed E-state index contributed by atoms with van der Waals surface area (Å²) < 4.78 is 0. The number of aryl methyl sites for hydroxylation is 1. The van der Waals surface area contributed by atoms with Gasteiger partial charge in [0.05, 0.1) is 0 Å². The van der Waals surface area contributed by atoms with Gasteiger partial charge in [-0.2, -0.15) is 0 Å². The SMILES string of the molecule is CC(C)NC(=O)Nc1cccc(NC(=O)CCc2cccnc2)c1. The zero-order valence-electron chi connectivity index (χ0n) is 13.9. The van der Waals surface area contributed by atoms with E-state index in [1.165, 1.54) is 0 Å². The third kappa shape index (κ3) is 6.08. The number of anilines is 2. The summed E-state index contributed by atoms with van der Waals surface area (Å²) in [5.41, 5.74) is 2.29. The third-order valence-electron chi connectivity index (χ3n) is 3.19. The summed E-state index contributed by atoms with van der Waals surface area (Å²) in [5.74, 6) is -0.0809. The molecule has 2 rings (SSSR count). The highest BCUT2D eigenvalue weighted by atomic mass is 16.2. The number of nitrogens with zero attached hydrogens (tertiary/aromatic N) is 1. The second-order valence-corrected chi connectivity index (χ2v) is 5.74.